The summed E-state index contributed by atoms with van der Waals surface area (Å²) in [6.45, 7) is 0. The number of rotatable bonds is 4. The molecule has 0 aliphatic carbocycles. The summed E-state index contributed by atoms with van der Waals surface area (Å²) in [7, 11) is 1.46. The van der Waals surface area contributed by atoms with Crippen LogP contribution >= 0.6 is 11.8 Å². The number of hydrogen-bond acceptors (Lipinski definition) is 9. The highest BCUT2D eigenvalue weighted by Gasteiger charge is 2.13. The first-order valence-electron chi connectivity index (χ1n) is 5.83. The number of nitrogens with two attached hydrogens (primary N) is 1. The average molecular weight is 302 g/mol. The Morgan fingerprint density at radius 3 is 2.71 bits per heavy atom. The summed E-state index contributed by atoms with van der Waals surface area (Å²) in [6, 6.07) is 9.64. The molecule has 0 radical (unpaired) electrons. The minimum Gasteiger partial charge on any atom is -0.467 e. The van der Waals surface area contributed by atoms with Crippen molar-refractivity contribution < 1.29 is 4.74 Å². The molecule has 9 nitrogen and oxygen atoms in total. The molecule has 0 amide bonds. The Morgan fingerprint density at radius 2 is 1.95 bits per heavy atom. The predicted molar refractivity (Wildman–Crippen MR) is 74.1 cm³/mol. The molecule has 0 saturated heterocycles. The zero-order valence-corrected chi connectivity index (χ0v) is 11.7. The number of anilines is 1. The van der Waals surface area contributed by atoms with Crippen LogP contribution in [0.2, 0.25) is 0 Å². The molecule has 0 aliphatic heterocycles. The van der Waals surface area contributed by atoms with Gasteiger partial charge in [-0.25, -0.2) is 0 Å². The maximum Gasteiger partial charge on any atom is 0.321 e. The third kappa shape index (κ3) is 2.89. The number of methoxy groups -OCH3 is 1. The second kappa shape index (κ2) is 5.71. The van der Waals surface area contributed by atoms with Gasteiger partial charge in [0.15, 0.2) is 0 Å². The van der Waals surface area contributed by atoms with Gasteiger partial charge in [0, 0.05) is 0 Å². The van der Waals surface area contributed by atoms with Crippen molar-refractivity contribution in [3.63, 3.8) is 0 Å². The van der Waals surface area contributed by atoms with E-state index in [-0.39, 0.29) is 12.0 Å². The number of nitrogens with zero attached hydrogens (tertiary/aromatic N) is 7. The van der Waals surface area contributed by atoms with Crippen molar-refractivity contribution >= 4 is 17.7 Å². The second-order valence-electron chi connectivity index (χ2n) is 3.77. The van der Waals surface area contributed by atoms with E-state index in [1.807, 2.05) is 30.3 Å². The normalized spacial score (nSPS) is 10.5. The smallest absolute Gasteiger partial charge is 0.321 e. The Kier molecular flexibility index (Phi) is 3.60. The van der Waals surface area contributed by atoms with Crippen LogP contribution in [-0.4, -0.2) is 42.3 Å². The molecule has 21 heavy (non-hydrogen) atoms. The largest absolute Gasteiger partial charge is 0.467 e. The van der Waals surface area contributed by atoms with Crippen molar-refractivity contribution in [2.45, 2.75) is 10.3 Å². The Hall–Kier alpha value is -2.75. The molecular formula is C11H10N8OS. The van der Waals surface area contributed by atoms with E-state index < -0.39 is 0 Å². The topological polar surface area (TPSA) is 118 Å². The minimum absolute atomic E-state index is 0.0723. The third-order valence-corrected chi connectivity index (χ3v) is 3.22. The Bertz CT molecular complexity index is 747. The van der Waals surface area contributed by atoms with E-state index in [4.69, 9.17) is 10.5 Å². The van der Waals surface area contributed by atoms with Crippen LogP contribution in [0.3, 0.4) is 0 Å². The van der Waals surface area contributed by atoms with Gasteiger partial charge in [-0.1, -0.05) is 18.2 Å². The van der Waals surface area contributed by atoms with Crippen molar-refractivity contribution in [1.29, 1.82) is 0 Å². The SMILES string of the molecule is COc1nc(N)nc(Sc2nnnn2-c2ccccc2)n1. The van der Waals surface area contributed by atoms with Gasteiger partial charge in [-0.2, -0.15) is 19.6 Å². The van der Waals surface area contributed by atoms with Crippen LogP contribution in [0.1, 0.15) is 0 Å². The minimum atomic E-state index is 0.0723. The maximum absolute atomic E-state index is 5.60. The van der Waals surface area contributed by atoms with Crippen molar-refractivity contribution in [2.75, 3.05) is 12.8 Å². The zero-order valence-electron chi connectivity index (χ0n) is 10.9. The summed E-state index contributed by atoms with van der Waals surface area (Å²) >= 11 is 1.16. The molecule has 0 bridgehead atoms. The van der Waals surface area contributed by atoms with E-state index in [9.17, 15) is 0 Å². The van der Waals surface area contributed by atoms with Gasteiger partial charge >= 0.3 is 6.01 Å². The third-order valence-electron chi connectivity index (χ3n) is 2.42. The molecule has 2 heterocycles. The molecule has 106 valence electrons. The molecule has 1 aromatic carbocycles. The van der Waals surface area contributed by atoms with Gasteiger partial charge < -0.3 is 10.5 Å². The summed E-state index contributed by atoms with van der Waals surface area (Å²) in [6.07, 6.45) is 0. The van der Waals surface area contributed by atoms with Crippen LogP contribution in [0.15, 0.2) is 40.6 Å². The van der Waals surface area contributed by atoms with Crippen LogP contribution in [0.4, 0.5) is 5.95 Å². The van der Waals surface area contributed by atoms with Crippen molar-refractivity contribution in [2.24, 2.45) is 0 Å². The van der Waals surface area contributed by atoms with Crippen LogP contribution in [0, 0.1) is 0 Å². The molecule has 3 rings (SSSR count). The Labute approximate surface area is 123 Å². The molecule has 10 heteroatoms. The summed E-state index contributed by atoms with van der Waals surface area (Å²) in [5.41, 5.74) is 6.43. The summed E-state index contributed by atoms with van der Waals surface area (Å²) in [5.74, 6) is 0.0723. The van der Waals surface area contributed by atoms with Crippen LogP contribution in [0.25, 0.3) is 5.69 Å². The molecule has 3 aromatic rings. The summed E-state index contributed by atoms with van der Waals surface area (Å²) in [4.78, 5) is 11.9. The highest BCUT2D eigenvalue weighted by molar-refractivity contribution is 7.99. The van der Waals surface area contributed by atoms with Gasteiger partial charge in [-0.3, -0.25) is 0 Å². The fraction of sp³-hybridized carbons (Fsp3) is 0.0909. The van der Waals surface area contributed by atoms with Gasteiger partial charge in [-0.05, 0) is 34.3 Å². The maximum atomic E-state index is 5.60. The molecule has 0 spiro atoms. The lowest BCUT2D eigenvalue weighted by Gasteiger charge is -2.04. The van der Waals surface area contributed by atoms with Crippen molar-refractivity contribution in [3.8, 4) is 11.7 Å². The standard InChI is InChI=1S/C11H10N8OS/c1-20-9-13-8(12)14-10(15-9)21-11-16-17-18-19(11)7-5-3-2-4-6-7/h2-6H,1H3,(H2,12,13,14,15). The first-order valence-corrected chi connectivity index (χ1v) is 6.65. The quantitative estimate of drug-likeness (QED) is 0.738. The molecule has 0 unspecified atom stereocenters. The van der Waals surface area contributed by atoms with Gasteiger partial charge in [0.05, 0.1) is 12.8 Å². The fourth-order valence-electron chi connectivity index (χ4n) is 1.55. The number of tetrazole rings is 1. The molecule has 0 aliphatic rings. The van der Waals surface area contributed by atoms with E-state index in [0.717, 1.165) is 17.4 Å². The van der Waals surface area contributed by atoms with Crippen molar-refractivity contribution in [3.05, 3.63) is 30.3 Å². The summed E-state index contributed by atoms with van der Waals surface area (Å²) in [5, 5.41) is 12.4. The fourth-order valence-corrected chi connectivity index (χ4v) is 2.28. The van der Waals surface area contributed by atoms with E-state index >= 15 is 0 Å². The molecule has 0 atom stereocenters. The number of aromatic nitrogens is 7. The number of para-hydroxylation sites is 1. The lowest BCUT2D eigenvalue weighted by Crippen LogP contribution is -2.03. The first-order chi connectivity index (χ1) is 10.3. The number of ether oxygens (including phenoxy) is 1. The monoisotopic (exact) mass is 302 g/mol. The molecule has 2 aromatic heterocycles. The average Bonchev–Trinajstić information content (AvgIpc) is 2.95. The molecular weight excluding hydrogens is 292 g/mol. The van der Waals surface area contributed by atoms with Gasteiger partial charge in [-0.15, -0.1) is 5.10 Å². The van der Waals surface area contributed by atoms with Crippen LogP contribution in [0.5, 0.6) is 6.01 Å². The van der Waals surface area contributed by atoms with Gasteiger partial charge in [0.25, 0.3) is 0 Å². The predicted octanol–water partition coefficient (Wildman–Crippen LogP) is 0.589. The van der Waals surface area contributed by atoms with E-state index in [1.165, 1.54) is 7.11 Å². The lowest BCUT2D eigenvalue weighted by atomic mass is 10.3. The second-order valence-corrected chi connectivity index (χ2v) is 4.71. The Balaban J connectivity index is 1.93. The van der Waals surface area contributed by atoms with Crippen molar-refractivity contribution in [1.82, 2.24) is 35.2 Å². The number of hydrogen-bond donors (Lipinski definition) is 1. The van der Waals surface area contributed by atoms with E-state index in [2.05, 4.69) is 30.5 Å². The first kappa shape index (κ1) is 13.2. The molecule has 2 N–H and O–H groups in total. The highest BCUT2D eigenvalue weighted by Crippen LogP contribution is 2.25. The van der Waals surface area contributed by atoms with E-state index in [0.29, 0.717) is 10.3 Å². The highest BCUT2D eigenvalue weighted by atomic mass is 32.2. The van der Waals surface area contributed by atoms with Gasteiger partial charge in [0.1, 0.15) is 0 Å². The molecule has 0 fully saturated rings. The Morgan fingerprint density at radius 1 is 1.14 bits per heavy atom. The lowest BCUT2D eigenvalue weighted by molar-refractivity contribution is 0.374. The zero-order chi connectivity index (χ0) is 14.7. The van der Waals surface area contributed by atoms with Crippen LogP contribution < -0.4 is 10.5 Å². The van der Waals surface area contributed by atoms with Gasteiger partial charge in [0.2, 0.25) is 16.3 Å². The van der Waals surface area contributed by atoms with Crippen LogP contribution in [-0.2, 0) is 0 Å². The molecule has 0 saturated carbocycles. The number of benzene rings is 1. The summed E-state index contributed by atoms with van der Waals surface area (Å²) < 4.78 is 6.54. The van der Waals surface area contributed by atoms with E-state index in [1.54, 1.807) is 4.68 Å². The number of nitrogen functional groups attached to an aromatic ring is 1.